The first-order valence-electron chi connectivity index (χ1n) is 7.49. The third-order valence-corrected chi connectivity index (χ3v) is 4.03. The van der Waals surface area contributed by atoms with Gasteiger partial charge in [0.15, 0.2) is 0 Å². The van der Waals surface area contributed by atoms with E-state index in [-0.39, 0.29) is 0 Å². The minimum atomic E-state index is 0.764. The summed E-state index contributed by atoms with van der Waals surface area (Å²) in [5.41, 5.74) is 7.07. The van der Waals surface area contributed by atoms with Gasteiger partial charge >= 0.3 is 0 Å². The molecule has 2 rings (SSSR count). The maximum atomic E-state index is 5.27. The summed E-state index contributed by atoms with van der Waals surface area (Å²) in [5, 5.41) is 0. The smallest absolute Gasteiger partial charge is 0.0641 e. The second kappa shape index (κ2) is 6.76. The van der Waals surface area contributed by atoms with Crippen molar-refractivity contribution >= 4 is 0 Å². The van der Waals surface area contributed by atoms with E-state index in [0.717, 1.165) is 26.0 Å². The van der Waals surface area contributed by atoms with Crippen molar-refractivity contribution in [1.29, 1.82) is 0 Å². The third kappa shape index (κ3) is 2.66. The largest absolute Gasteiger partial charge is 0.383 e. The van der Waals surface area contributed by atoms with Gasteiger partial charge in [0.2, 0.25) is 0 Å². The lowest BCUT2D eigenvalue weighted by molar-refractivity contribution is 0.186. The average Bonchev–Trinajstić information content (AvgIpc) is 2.77. The maximum Gasteiger partial charge on any atom is 0.0641 e. The molecule has 1 aromatic carbocycles. The Morgan fingerprint density at radius 2 is 1.75 bits per heavy atom. The fraction of sp³-hybridized carbons (Fsp3) is 0.444. The molecule has 108 valence electrons. The molecule has 0 saturated carbocycles. The summed E-state index contributed by atoms with van der Waals surface area (Å²) in [6, 6.07) is 10.8. The van der Waals surface area contributed by atoms with Crippen LogP contribution in [0.3, 0.4) is 0 Å². The standard InChI is InChI=1S/C18H25NO/c1-5-16-14(3)19(12-13-20-4)17(6-2)18(16)15-10-8-7-9-11-15/h7-11H,5-6,12-13H2,1-4H3. The minimum absolute atomic E-state index is 0.764. The highest BCUT2D eigenvalue weighted by Crippen LogP contribution is 2.33. The molecule has 0 aliphatic rings. The molecule has 2 nitrogen and oxygen atoms in total. The van der Waals surface area contributed by atoms with Crippen molar-refractivity contribution in [3.05, 3.63) is 47.3 Å². The number of rotatable bonds is 6. The summed E-state index contributed by atoms with van der Waals surface area (Å²) >= 11 is 0. The zero-order chi connectivity index (χ0) is 14.5. The Labute approximate surface area is 122 Å². The molecule has 0 fully saturated rings. The predicted octanol–water partition coefficient (Wildman–Crippen LogP) is 4.23. The Balaban J connectivity index is 2.60. The quantitative estimate of drug-likeness (QED) is 0.766. The molecule has 0 N–H and O–H groups in total. The third-order valence-electron chi connectivity index (χ3n) is 4.03. The molecule has 0 radical (unpaired) electrons. The van der Waals surface area contributed by atoms with Crippen molar-refractivity contribution in [2.75, 3.05) is 13.7 Å². The highest BCUT2D eigenvalue weighted by Gasteiger charge is 2.18. The Hall–Kier alpha value is -1.54. The van der Waals surface area contributed by atoms with Gasteiger partial charge in [-0.15, -0.1) is 0 Å². The summed E-state index contributed by atoms with van der Waals surface area (Å²) in [7, 11) is 1.77. The summed E-state index contributed by atoms with van der Waals surface area (Å²) in [5.74, 6) is 0. The van der Waals surface area contributed by atoms with Crippen LogP contribution in [0.15, 0.2) is 30.3 Å². The Kier molecular flexibility index (Phi) is 5.02. The Morgan fingerprint density at radius 3 is 2.30 bits per heavy atom. The second-order valence-electron chi connectivity index (χ2n) is 5.10. The van der Waals surface area contributed by atoms with E-state index in [1.165, 1.54) is 28.1 Å². The summed E-state index contributed by atoms with van der Waals surface area (Å²) in [4.78, 5) is 0. The highest BCUT2D eigenvalue weighted by atomic mass is 16.5. The maximum absolute atomic E-state index is 5.27. The summed E-state index contributed by atoms with van der Waals surface area (Å²) in [6.07, 6.45) is 2.12. The van der Waals surface area contributed by atoms with Crippen LogP contribution in [-0.4, -0.2) is 18.3 Å². The van der Waals surface area contributed by atoms with Crippen molar-refractivity contribution in [1.82, 2.24) is 4.57 Å². The first kappa shape index (κ1) is 14.9. The highest BCUT2D eigenvalue weighted by molar-refractivity contribution is 5.72. The van der Waals surface area contributed by atoms with Crippen LogP contribution < -0.4 is 0 Å². The number of nitrogens with zero attached hydrogens (tertiary/aromatic N) is 1. The van der Waals surface area contributed by atoms with Crippen LogP contribution >= 0.6 is 0 Å². The summed E-state index contributed by atoms with van der Waals surface area (Å²) in [6.45, 7) is 8.42. The molecule has 20 heavy (non-hydrogen) atoms. The number of methoxy groups -OCH3 is 1. The lowest BCUT2D eigenvalue weighted by Gasteiger charge is -2.11. The Morgan fingerprint density at radius 1 is 1.05 bits per heavy atom. The van der Waals surface area contributed by atoms with Gasteiger partial charge in [-0.2, -0.15) is 0 Å². The fourth-order valence-corrected chi connectivity index (χ4v) is 3.09. The first-order valence-corrected chi connectivity index (χ1v) is 7.49. The molecule has 0 amide bonds. The van der Waals surface area contributed by atoms with Gasteiger partial charge in [-0.3, -0.25) is 0 Å². The topological polar surface area (TPSA) is 14.2 Å². The van der Waals surface area contributed by atoms with Gasteiger partial charge in [0.05, 0.1) is 6.61 Å². The molecule has 2 heteroatoms. The van der Waals surface area contributed by atoms with Crippen molar-refractivity contribution in [2.45, 2.75) is 40.2 Å². The van der Waals surface area contributed by atoms with E-state index < -0.39 is 0 Å². The van der Waals surface area contributed by atoms with Gasteiger partial charge in [0, 0.05) is 30.6 Å². The van der Waals surface area contributed by atoms with Crippen LogP contribution in [0.1, 0.15) is 30.8 Å². The Bertz CT molecular complexity index is 555. The van der Waals surface area contributed by atoms with Crippen LogP contribution in [0.4, 0.5) is 0 Å². The van der Waals surface area contributed by atoms with E-state index in [1.807, 2.05) is 0 Å². The molecule has 1 aromatic heterocycles. The van der Waals surface area contributed by atoms with Crippen molar-refractivity contribution in [2.24, 2.45) is 0 Å². The molecule has 0 saturated heterocycles. The van der Waals surface area contributed by atoms with Gasteiger partial charge in [-0.05, 0) is 30.9 Å². The molecular formula is C18H25NO. The van der Waals surface area contributed by atoms with Crippen molar-refractivity contribution in [3.63, 3.8) is 0 Å². The van der Waals surface area contributed by atoms with Crippen LogP contribution in [0.25, 0.3) is 11.1 Å². The molecule has 2 aromatic rings. The van der Waals surface area contributed by atoms with Gasteiger partial charge < -0.3 is 9.30 Å². The molecule has 0 bridgehead atoms. The van der Waals surface area contributed by atoms with E-state index in [4.69, 9.17) is 4.74 Å². The molecule has 0 unspecified atom stereocenters. The number of hydrogen-bond acceptors (Lipinski definition) is 1. The zero-order valence-electron chi connectivity index (χ0n) is 13.1. The first-order chi connectivity index (χ1) is 9.74. The second-order valence-corrected chi connectivity index (χ2v) is 5.10. The average molecular weight is 271 g/mol. The normalized spacial score (nSPS) is 11.0. The number of benzene rings is 1. The monoisotopic (exact) mass is 271 g/mol. The van der Waals surface area contributed by atoms with Gasteiger partial charge in [-0.1, -0.05) is 44.2 Å². The number of ether oxygens (including phenoxy) is 1. The number of hydrogen-bond donors (Lipinski definition) is 0. The van der Waals surface area contributed by atoms with E-state index in [1.54, 1.807) is 7.11 Å². The molecular weight excluding hydrogens is 246 g/mol. The molecule has 0 aliphatic carbocycles. The molecule has 0 atom stereocenters. The van der Waals surface area contributed by atoms with Crippen LogP contribution in [-0.2, 0) is 24.1 Å². The predicted molar refractivity (Wildman–Crippen MR) is 85.2 cm³/mol. The molecule has 0 spiro atoms. The van der Waals surface area contributed by atoms with E-state index >= 15 is 0 Å². The number of aromatic nitrogens is 1. The van der Waals surface area contributed by atoms with E-state index in [2.05, 4.69) is 55.7 Å². The minimum Gasteiger partial charge on any atom is -0.383 e. The lowest BCUT2D eigenvalue weighted by Crippen LogP contribution is -2.09. The van der Waals surface area contributed by atoms with Crippen molar-refractivity contribution in [3.8, 4) is 11.1 Å². The molecule has 1 heterocycles. The fourth-order valence-electron chi connectivity index (χ4n) is 3.09. The van der Waals surface area contributed by atoms with Crippen LogP contribution in [0.2, 0.25) is 0 Å². The summed E-state index contributed by atoms with van der Waals surface area (Å²) < 4.78 is 7.70. The van der Waals surface area contributed by atoms with Gasteiger partial charge in [-0.25, -0.2) is 0 Å². The van der Waals surface area contributed by atoms with Crippen molar-refractivity contribution < 1.29 is 4.74 Å². The van der Waals surface area contributed by atoms with Gasteiger partial charge in [0.25, 0.3) is 0 Å². The SMILES string of the molecule is CCc1c(-c2ccccc2)c(CC)n(CCOC)c1C. The van der Waals surface area contributed by atoms with E-state index in [9.17, 15) is 0 Å². The zero-order valence-corrected chi connectivity index (χ0v) is 13.1. The van der Waals surface area contributed by atoms with Gasteiger partial charge in [0.1, 0.15) is 0 Å². The lowest BCUT2D eigenvalue weighted by atomic mass is 9.98. The van der Waals surface area contributed by atoms with Crippen LogP contribution in [0, 0.1) is 6.92 Å². The van der Waals surface area contributed by atoms with Crippen LogP contribution in [0.5, 0.6) is 0 Å². The van der Waals surface area contributed by atoms with E-state index in [0.29, 0.717) is 0 Å². The molecule has 0 aliphatic heterocycles.